The van der Waals surface area contributed by atoms with Crippen molar-refractivity contribution in [3.63, 3.8) is 0 Å². The average Bonchev–Trinajstić information content (AvgIpc) is 3.13. The molecule has 0 aliphatic carbocycles. The van der Waals surface area contributed by atoms with Gasteiger partial charge in [0.15, 0.2) is 0 Å². The maximum absolute atomic E-state index is 12.8. The lowest BCUT2D eigenvalue weighted by Crippen LogP contribution is -2.47. The van der Waals surface area contributed by atoms with E-state index < -0.39 is 0 Å². The molecule has 0 bridgehead atoms. The Morgan fingerprint density at radius 1 is 1.25 bits per heavy atom. The molecule has 1 amide bonds. The molecule has 1 aromatic heterocycles. The molecule has 5 nitrogen and oxygen atoms in total. The van der Waals surface area contributed by atoms with Crippen molar-refractivity contribution in [2.24, 2.45) is 0 Å². The SMILES string of the molecule is Cc1cncc(C(=O)N2CCC3(CC2)CC(N(C)Cc2ccccc2)CO3)c1. The summed E-state index contributed by atoms with van der Waals surface area (Å²) in [5, 5.41) is 0. The molecule has 2 aliphatic heterocycles. The third-order valence-corrected chi connectivity index (χ3v) is 6.17. The van der Waals surface area contributed by atoms with Gasteiger partial charge in [-0.3, -0.25) is 14.7 Å². The second-order valence-electron chi connectivity index (χ2n) is 8.30. The molecule has 1 aromatic carbocycles. The smallest absolute Gasteiger partial charge is 0.255 e. The van der Waals surface area contributed by atoms with E-state index in [2.05, 4.69) is 47.3 Å². The summed E-state index contributed by atoms with van der Waals surface area (Å²) in [7, 11) is 2.18. The first-order valence-corrected chi connectivity index (χ1v) is 10.1. The monoisotopic (exact) mass is 379 g/mol. The minimum absolute atomic E-state index is 0.0722. The molecule has 1 unspecified atom stereocenters. The van der Waals surface area contributed by atoms with E-state index in [1.807, 2.05) is 17.9 Å². The number of carbonyl (C=O) groups is 1. The number of ether oxygens (including phenoxy) is 1. The molecule has 0 radical (unpaired) electrons. The molecule has 1 atom stereocenters. The van der Waals surface area contributed by atoms with Gasteiger partial charge in [-0.2, -0.15) is 0 Å². The third kappa shape index (κ3) is 4.10. The van der Waals surface area contributed by atoms with Gasteiger partial charge in [0.2, 0.25) is 0 Å². The Kier molecular flexibility index (Phi) is 5.47. The van der Waals surface area contributed by atoms with Gasteiger partial charge >= 0.3 is 0 Å². The van der Waals surface area contributed by atoms with Gasteiger partial charge in [-0.15, -0.1) is 0 Å². The van der Waals surface area contributed by atoms with E-state index in [1.165, 1.54) is 5.56 Å². The molecule has 2 aliphatic rings. The molecule has 5 heteroatoms. The fourth-order valence-corrected chi connectivity index (χ4v) is 4.42. The zero-order valence-corrected chi connectivity index (χ0v) is 16.8. The Hall–Kier alpha value is -2.24. The first-order chi connectivity index (χ1) is 13.5. The number of likely N-dealkylation sites (N-methyl/N-ethyl adjacent to an activating group) is 1. The Labute approximate surface area is 167 Å². The molecule has 4 rings (SSSR count). The van der Waals surface area contributed by atoms with Gasteiger partial charge in [-0.25, -0.2) is 0 Å². The average molecular weight is 380 g/mol. The lowest BCUT2D eigenvalue weighted by molar-refractivity contribution is -0.0393. The topological polar surface area (TPSA) is 45.7 Å². The number of likely N-dealkylation sites (tertiary alicyclic amines) is 1. The third-order valence-electron chi connectivity index (χ3n) is 6.17. The molecular formula is C23H29N3O2. The van der Waals surface area contributed by atoms with Crippen LogP contribution in [0.15, 0.2) is 48.8 Å². The Balaban J connectivity index is 1.32. The van der Waals surface area contributed by atoms with Crippen molar-refractivity contribution >= 4 is 5.91 Å². The molecule has 0 saturated carbocycles. The van der Waals surface area contributed by atoms with Gasteiger partial charge in [0.25, 0.3) is 5.91 Å². The number of hydrogen-bond acceptors (Lipinski definition) is 4. The second-order valence-corrected chi connectivity index (χ2v) is 8.30. The molecule has 3 heterocycles. The first kappa shape index (κ1) is 19.1. The maximum atomic E-state index is 12.8. The van der Waals surface area contributed by atoms with Crippen LogP contribution in [0, 0.1) is 6.92 Å². The van der Waals surface area contributed by atoms with Crippen molar-refractivity contribution in [3.05, 3.63) is 65.5 Å². The Morgan fingerprint density at radius 3 is 2.71 bits per heavy atom. The minimum Gasteiger partial charge on any atom is -0.373 e. The van der Waals surface area contributed by atoms with Gasteiger partial charge in [-0.05, 0) is 50.4 Å². The van der Waals surface area contributed by atoms with E-state index in [0.717, 1.165) is 51.1 Å². The van der Waals surface area contributed by atoms with E-state index in [9.17, 15) is 4.79 Å². The quantitative estimate of drug-likeness (QED) is 0.818. The van der Waals surface area contributed by atoms with Crippen LogP contribution < -0.4 is 0 Å². The molecular weight excluding hydrogens is 350 g/mol. The summed E-state index contributed by atoms with van der Waals surface area (Å²) in [6.07, 6.45) is 6.31. The number of nitrogens with zero attached hydrogens (tertiary/aromatic N) is 3. The minimum atomic E-state index is -0.0722. The van der Waals surface area contributed by atoms with Crippen molar-refractivity contribution in [1.82, 2.24) is 14.8 Å². The summed E-state index contributed by atoms with van der Waals surface area (Å²) in [5.41, 5.74) is 2.96. The van der Waals surface area contributed by atoms with Crippen LogP contribution in [0.3, 0.4) is 0 Å². The fourth-order valence-electron chi connectivity index (χ4n) is 4.42. The number of aryl methyl sites for hydroxylation is 1. The molecule has 148 valence electrons. The fraction of sp³-hybridized carbons (Fsp3) is 0.478. The van der Waals surface area contributed by atoms with Gasteiger partial charge in [0.1, 0.15) is 0 Å². The lowest BCUT2D eigenvalue weighted by atomic mass is 9.87. The number of benzene rings is 1. The molecule has 28 heavy (non-hydrogen) atoms. The molecule has 1 spiro atoms. The van der Waals surface area contributed by atoms with Crippen LogP contribution in [0.5, 0.6) is 0 Å². The lowest BCUT2D eigenvalue weighted by Gasteiger charge is -2.39. The number of aromatic nitrogens is 1. The predicted molar refractivity (Wildman–Crippen MR) is 109 cm³/mol. The number of carbonyl (C=O) groups excluding carboxylic acids is 1. The van der Waals surface area contributed by atoms with Crippen molar-refractivity contribution in [1.29, 1.82) is 0 Å². The Bertz CT molecular complexity index is 816. The van der Waals surface area contributed by atoms with Gasteiger partial charge in [0, 0.05) is 38.1 Å². The van der Waals surface area contributed by atoms with Crippen molar-refractivity contribution in [2.45, 2.75) is 44.4 Å². The van der Waals surface area contributed by atoms with Crippen LogP contribution in [0.2, 0.25) is 0 Å². The van der Waals surface area contributed by atoms with Crippen molar-refractivity contribution < 1.29 is 9.53 Å². The normalized spacial score (nSPS) is 21.4. The largest absolute Gasteiger partial charge is 0.373 e. The highest BCUT2D eigenvalue weighted by Crippen LogP contribution is 2.38. The number of amides is 1. The Morgan fingerprint density at radius 2 is 2.00 bits per heavy atom. The maximum Gasteiger partial charge on any atom is 0.255 e. The van der Waals surface area contributed by atoms with E-state index in [1.54, 1.807) is 12.4 Å². The van der Waals surface area contributed by atoms with Gasteiger partial charge in [-0.1, -0.05) is 30.3 Å². The van der Waals surface area contributed by atoms with Crippen LogP contribution in [-0.4, -0.2) is 59.1 Å². The summed E-state index contributed by atoms with van der Waals surface area (Å²) < 4.78 is 6.31. The van der Waals surface area contributed by atoms with E-state index in [4.69, 9.17) is 4.74 Å². The first-order valence-electron chi connectivity index (χ1n) is 10.1. The number of hydrogen-bond donors (Lipinski definition) is 0. The van der Waals surface area contributed by atoms with Gasteiger partial charge < -0.3 is 9.64 Å². The standard InChI is InChI=1S/C23H29N3O2/c1-18-12-20(15-24-14-18)22(27)26-10-8-23(9-11-26)13-21(17-28-23)25(2)16-19-6-4-3-5-7-19/h3-7,12,14-15,21H,8-11,13,16-17H2,1-2H3. The summed E-state index contributed by atoms with van der Waals surface area (Å²) in [6.45, 7) is 5.19. The highest BCUT2D eigenvalue weighted by molar-refractivity contribution is 5.94. The van der Waals surface area contributed by atoms with E-state index >= 15 is 0 Å². The highest BCUT2D eigenvalue weighted by Gasteiger charge is 2.44. The number of rotatable bonds is 4. The zero-order chi connectivity index (χ0) is 19.6. The summed E-state index contributed by atoms with van der Waals surface area (Å²) in [4.78, 5) is 21.3. The highest BCUT2D eigenvalue weighted by atomic mass is 16.5. The summed E-state index contributed by atoms with van der Waals surface area (Å²) in [6, 6.07) is 12.9. The van der Waals surface area contributed by atoms with Crippen LogP contribution in [0.25, 0.3) is 0 Å². The molecule has 2 fully saturated rings. The van der Waals surface area contributed by atoms with Crippen LogP contribution in [0.1, 0.15) is 40.7 Å². The molecule has 2 saturated heterocycles. The number of piperidine rings is 1. The zero-order valence-electron chi connectivity index (χ0n) is 16.8. The van der Waals surface area contributed by atoms with Crippen LogP contribution in [-0.2, 0) is 11.3 Å². The molecule has 0 N–H and O–H groups in total. The molecule has 2 aromatic rings. The van der Waals surface area contributed by atoms with Crippen molar-refractivity contribution in [2.75, 3.05) is 26.7 Å². The van der Waals surface area contributed by atoms with Crippen LogP contribution >= 0.6 is 0 Å². The van der Waals surface area contributed by atoms with Gasteiger partial charge in [0.05, 0.1) is 17.8 Å². The summed E-state index contributed by atoms with van der Waals surface area (Å²) >= 11 is 0. The van der Waals surface area contributed by atoms with E-state index in [-0.39, 0.29) is 11.5 Å². The van der Waals surface area contributed by atoms with E-state index in [0.29, 0.717) is 11.6 Å². The second kappa shape index (κ2) is 8.02. The van der Waals surface area contributed by atoms with Crippen molar-refractivity contribution in [3.8, 4) is 0 Å². The predicted octanol–water partition coefficient (Wildman–Crippen LogP) is 3.29. The van der Waals surface area contributed by atoms with Crippen LogP contribution in [0.4, 0.5) is 0 Å². The number of pyridine rings is 1. The summed E-state index contributed by atoms with van der Waals surface area (Å²) in [5.74, 6) is 0.0850.